The molecule has 1 aromatic heterocycles. The Morgan fingerprint density at radius 1 is 1.47 bits per heavy atom. The molecule has 2 N–H and O–H groups in total. The maximum absolute atomic E-state index is 11.7. The summed E-state index contributed by atoms with van der Waals surface area (Å²) in [5, 5.41) is 5.52. The molecule has 0 aliphatic carbocycles. The fourth-order valence-electron chi connectivity index (χ4n) is 1.27. The van der Waals surface area contributed by atoms with Crippen LogP contribution in [-0.2, 0) is 10.8 Å². The van der Waals surface area contributed by atoms with Gasteiger partial charge in [0.2, 0.25) is 0 Å². The first-order chi connectivity index (χ1) is 8.02. The van der Waals surface area contributed by atoms with Crippen LogP contribution in [0.5, 0.6) is 0 Å². The number of hydrogen-bond donors (Lipinski definition) is 2. The van der Waals surface area contributed by atoms with E-state index in [1.807, 2.05) is 0 Å². The number of anilines is 1. The topological polar surface area (TPSA) is 84.0 Å². The molecular formula is C10H16N4O2S. The number of amides is 1. The van der Waals surface area contributed by atoms with E-state index in [2.05, 4.69) is 20.6 Å². The minimum atomic E-state index is -0.934. The second-order valence-electron chi connectivity index (χ2n) is 3.65. The van der Waals surface area contributed by atoms with Crippen LogP contribution in [0.1, 0.15) is 17.4 Å². The van der Waals surface area contributed by atoms with Crippen molar-refractivity contribution in [3.63, 3.8) is 0 Å². The van der Waals surface area contributed by atoms with E-state index in [4.69, 9.17) is 0 Å². The highest BCUT2D eigenvalue weighted by atomic mass is 32.2. The van der Waals surface area contributed by atoms with Crippen molar-refractivity contribution in [3.8, 4) is 0 Å². The number of carbonyl (C=O) groups is 1. The number of nitrogens with one attached hydrogen (secondary N) is 2. The van der Waals surface area contributed by atoms with Gasteiger partial charge < -0.3 is 10.6 Å². The van der Waals surface area contributed by atoms with Crippen LogP contribution in [0.15, 0.2) is 12.4 Å². The lowest BCUT2D eigenvalue weighted by molar-refractivity contribution is 0.0938. The van der Waals surface area contributed by atoms with E-state index in [1.165, 1.54) is 12.4 Å². The summed E-state index contributed by atoms with van der Waals surface area (Å²) in [6.07, 6.45) is 4.48. The summed E-state index contributed by atoms with van der Waals surface area (Å²) in [5.74, 6) is 0.718. The summed E-state index contributed by atoms with van der Waals surface area (Å²) in [4.78, 5) is 19.7. The van der Waals surface area contributed by atoms with E-state index in [0.717, 1.165) is 0 Å². The minimum absolute atomic E-state index is 0.154. The Morgan fingerprint density at radius 2 is 2.18 bits per heavy atom. The van der Waals surface area contributed by atoms with Crippen LogP contribution in [0.3, 0.4) is 0 Å². The van der Waals surface area contributed by atoms with Crippen LogP contribution in [0.2, 0.25) is 0 Å². The first-order valence-electron chi connectivity index (χ1n) is 5.13. The van der Waals surface area contributed by atoms with Crippen molar-refractivity contribution in [2.45, 2.75) is 13.0 Å². The van der Waals surface area contributed by atoms with Crippen molar-refractivity contribution in [2.75, 3.05) is 24.4 Å². The fourth-order valence-corrected chi connectivity index (χ4v) is 2.05. The largest absolute Gasteiger partial charge is 0.372 e. The quantitative estimate of drug-likeness (QED) is 0.775. The van der Waals surface area contributed by atoms with Gasteiger partial charge in [-0.15, -0.1) is 0 Å². The minimum Gasteiger partial charge on any atom is -0.372 e. The first kappa shape index (κ1) is 13.6. The van der Waals surface area contributed by atoms with Crippen LogP contribution in [-0.4, -0.2) is 45.2 Å². The Labute approximate surface area is 103 Å². The lowest BCUT2D eigenvalue weighted by atomic mass is 10.3. The average Bonchev–Trinajstić information content (AvgIpc) is 2.28. The molecule has 17 heavy (non-hydrogen) atoms. The molecule has 6 nitrogen and oxygen atoms in total. The molecule has 1 aromatic rings. The Kier molecular flexibility index (Phi) is 5.02. The molecule has 1 rings (SSSR count). The molecule has 0 saturated carbocycles. The van der Waals surface area contributed by atoms with Gasteiger partial charge in [-0.05, 0) is 6.92 Å². The van der Waals surface area contributed by atoms with Crippen LogP contribution in [0.4, 0.5) is 5.82 Å². The predicted octanol–water partition coefficient (Wildman–Crippen LogP) is 0.0151. The maximum atomic E-state index is 11.7. The third-order valence-electron chi connectivity index (χ3n) is 2.00. The number of aromatic nitrogens is 2. The van der Waals surface area contributed by atoms with Gasteiger partial charge in [-0.25, -0.2) is 9.97 Å². The van der Waals surface area contributed by atoms with Crippen LogP contribution in [0.25, 0.3) is 0 Å². The van der Waals surface area contributed by atoms with Gasteiger partial charge in [-0.2, -0.15) is 0 Å². The van der Waals surface area contributed by atoms with E-state index >= 15 is 0 Å². The Balaban J connectivity index is 2.60. The molecule has 0 aromatic carbocycles. The van der Waals surface area contributed by atoms with E-state index in [-0.39, 0.29) is 17.6 Å². The highest BCUT2D eigenvalue weighted by Crippen LogP contribution is 2.00. The van der Waals surface area contributed by atoms with Gasteiger partial charge in [0.25, 0.3) is 5.91 Å². The lowest BCUT2D eigenvalue weighted by Crippen LogP contribution is -2.36. The summed E-state index contributed by atoms with van der Waals surface area (Å²) in [5.41, 5.74) is 0.248. The second-order valence-corrected chi connectivity index (χ2v) is 5.13. The molecular weight excluding hydrogens is 240 g/mol. The normalized spacial score (nSPS) is 13.8. The molecule has 1 heterocycles. The predicted molar refractivity (Wildman–Crippen MR) is 67.4 cm³/mol. The summed E-state index contributed by atoms with van der Waals surface area (Å²) in [6.45, 7) is 1.80. The van der Waals surface area contributed by atoms with Crippen molar-refractivity contribution >= 4 is 22.5 Å². The van der Waals surface area contributed by atoms with Gasteiger partial charge in [0, 0.05) is 35.9 Å². The summed E-state index contributed by atoms with van der Waals surface area (Å²) >= 11 is 0. The van der Waals surface area contributed by atoms with E-state index in [9.17, 15) is 9.00 Å². The van der Waals surface area contributed by atoms with Gasteiger partial charge in [0.15, 0.2) is 0 Å². The van der Waals surface area contributed by atoms with Crippen LogP contribution >= 0.6 is 0 Å². The van der Waals surface area contributed by atoms with Gasteiger partial charge in [0.05, 0.1) is 12.4 Å². The van der Waals surface area contributed by atoms with Gasteiger partial charge in [0.1, 0.15) is 11.5 Å². The molecule has 94 valence electrons. The Hall–Kier alpha value is -1.50. The van der Waals surface area contributed by atoms with Gasteiger partial charge in [-0.1, -0.05) is 0 Å². The standard InChI is InChI=1S/C10H16N4O2S/c1-7(6-17(3)16)14-10(15)8-4-13-9(11-2)5-12-8/h4-5,7H,6H2,1-3H3,(H,11,13)(H,14,15). The van der Waals surface area contributed by atoms with Crippen LogP contribution in [0, 0.1) is 0 Å². The summed E-state index contributed by atoms with van der Waals surface area (Å²) in [7, 11) is 0.790. The number of carbonyl (C=O) groups excluding carboxylic acids is 1. The smallest absolute Gasteiger partial charge is 0.271 e. The molecule has 0 fully saturated rings. The highest BCUT2D eigenvalue weighted by Gasteiger charge is 2.12. The number of nitrogens with zero attached hydrogens (tertiary/aromatic N) is 2. The van der Waals surface area contributed by atoms with E-state index in [0.29, 0.717) is 11.6 Å². The molecule has 0 bridgehead atoms. The van der Waals surface area contributed by atoms with Crippen molar-refractivity contribution < 1.29 is 9.00 Å². The number of hydrogen-bond acceptors (Lipinski definition) is 5. The molecule has 0 aliphatic heterocycles. The summed E-state index contributed by atoms with van der Waals surface area (Å²) < 4.78 is 11.0. The highest BCUT2D eigenvalue weighted by molar-refractivity contribution is 7.84. The molecule has 0 aliphatic rings. The lowest BCUT2D eigenvalue weighted by Gasteiger charge is -2.11. The van der Waals surface area contributed by atoms with Gasteiger partial charge in [-0.3, -0.25) is 9.00 Å². The van der Waals surface area contributed by atoms with Crippen molar-refractivity contribution in [1.29, 1.82) is 0 Å². The molecule has 0 radical (unpaired) electrons. The third-order valence-corrected chi connectivity index (χ3v) is 2.97. The molecule has 2 unspecified atom stereocenters. The Morgan fingerprint density at radius 3 is 2.65 bits per heavy atom. The average molecular weight is 256 g/mol. The summed E-state index contributed by atoms with van der Waals surface area (Å²) in [6, 6.07) is -0.154. The monoisotopic (exact) mass is 256 g/mol. The van der Waals surface area contributed by atoms with E-state index in [1.54, 1.807) is 20.2 Å². The molecule has 0 spiro atoms. The first-order valence-corrected chi connectivity index (χ1v) is 6.86. The Bertz CT molecular complexity index is 407. The fraction of sp³-hybridized carbons (Fsp3) is 0.500. The molecule has 7 heteroatoms. The van der Waals surface area contributed by atoms with Gasteiger partial charge >= 0.3 is 0 Å². The van der Waals surface area contributed by atoms with Crippen molar-refractivity contribution in [2.24, 2.45) is 0 Å². The zero-order valence-corrected chi connectivity index (χ0v) is 10.9. The number of rotatable bonds is 5. The van der Waals surface area contributed by atoms with Crippen molar-refractivity contribution in [1.82, 2.24) is 15.3 Å². The molecule has 0 saturated heterocycles. The zero-order chi connectivity index (χ0) is 12.8. The molecule has 1 amide bonds. The van der Waals surface area contributed by atoms with Crippen LogP contribution < -0.4 is 10.6 Å². The molecule has 2 atom stereocenters. The zero-order valence-electron chi connectivity index (χ0n) is 10.1. The van der Waals surface area contributed by atoms with E-state index < -0.39 is 10.8 Å². The van der Waals surface area contributed by atoms with Crippen molar-refractivity contribution in [3.05, 3.63) is 18.1 Å². The third kappa shape index (κ3) is 4.48. The maximum Gasteiger partial charge on any atom is 0.271 e. The SMILES string of the molecule is CNc1cnc(C(=O)NC(C)CS(C)=O)cn1. The second kappa shape index (κ2) is 6.29.